The fourth-order valence-corrected chi connectivity index (χ4v) is 2.71. The SMILES string of the molecule is O=C(Nc1cccc(Cl)c1F)c1cccc(NC(=O)C2CCCO2)c1. The molecule has 3 rings (SSSR count). The minimum absolute atomic E-state index is 0.00806. The van der Waals surface area contributed by atoms with Gasteiger partial charge in [0.05, 0.1) is 10.7 Å². The zero-order valence-electron chi connectivity index (χ0n) is 13.2. The van der Waals surface area contributed by atoms with Crippen LogP contribution in [0.3, 0.4) is 0 Å². The lowest BCUT2D eigenvalue weighted by Crippen LogP contribution is -2.27. The number of halogens is 2. The van der Waals surface area contributed by atoms with E-state index in [9.17, 15) is 14.0 Å². The zero-order valence-corrected chi connectivity index (χ0v) is 14.0. The van der Waals surface area contributed by atoms with E-state index in [4.69, 9.17) is 16.3 Å². The maximum Gasteiger partial charge on any atom is 0.255 e. The van der Waals surface area contributed by atoms with E-state index in [1.54, 1.807) is 24.3 Å². The third kappa shape index (κ3) is 4.15. The normalized spacial score (nSPS) is 16.5. The van der Waals surface area contributed by atoms with Gasteiger partial charge in [-0.15, -0.1) is 0 Å². The van der Waals surface area contributed by atoms with Crippen LogP contribution in [0.25, 0.3) is 0 Å². The summed E-state index contributed by atoms with van der Waals surface area (Å²) in [6.07, 6.45) is 1.07. The van der Waals surface area contributed by atoms with E-state index in [1.165, 1.54) is 18.2 Å². The molecule has 1 heterocycles. The molecule has 7 heteroatoms. The monoisotopic (exact) mass is 362 g/mol. The summed E-state index contributed by atoms with van der Waals surface area (Å²) in [5.41, 5.74) is 0.746. The van der Waals surface area contributed by atoms with Crippen molar-refractivity contribution in [3.8, 4) is 0 Å². The Labute approximate surface area is 149 Å². The van der Waals surface area contributed by atoms with Gasteiger partial charge in [0, 0.05) is 17.9 Å². The van der Waals surface area contributed by atoms with Gasteiger partial charge in [-0.25, -0.2) is 4.39 Å². The number of anilines is 2. The van der Waals surface area contributed by atoms with Gasteiger partial charge < -0.3 is 15.4 Å². The molecule has 1 unspecified atom stereocenters. The highest BCUT2D eigenvalue weighted by Gasteiger charge is 2.23. The van der Waals surface area contributed by atoms with Crippen LogP contribution in [0.15, 0.2) is 42.5 Å². The molecular formula is C18H16ClFN2O3. The maximum absolute atomic E-state index is 13.9. The smallest absolute Gasteiger partial charge is 0.255 e. The quantitative estimate of drug-likeness (QED) is 0.868. The van der Waals surface area contributed by atoms with E-state index in [0.717, 1.165) is 6.42 Å². The second-order valence-corrected chi connectivity index (χ2v) is 6.03. The zero-order chi connectivity index (χ0) is 17.8. The summed E-state index contributed by atoms with van der Waals surface area (Å²) in [4.78, 5) is 24.4. The van der Waals surface area contributed by atoms with E-state index in [0.29, 0.717) is 18.7 Å². The molecule has 0 spiro atoms. The van der Waals surface area contributed by atoms with Crippen molar-refractivity contribution < 1.29 is 18.7 Å². The van der Waals surface area contributed by atoms with Crippen molar-refractivity contribution in [2.75, 3.05) is 17.2 Å². The van der Waals surface area contributed by atoms with Crippen molar-refractivity contribution in [2.24, 2.45) is 0 Å². The number of hydrogen-bond donors (Lipinski definition) is 2. The number of carbonyl (C=O) groups excluding carboxylic acids is 2. The standard InChI is InChI=1S/C18H16ClFN2O3/c19-13-6-2-7-14(16(13)20)22-17(23)11-4-1-5-12(10-11)21-18(24)15-8-3-9-25-15/h1-2,4-7,10,15H,3,8-9H2,(H,21,24)(H,22,23). The van der Waals surface area contributed by atoms with Crippen LogP contribution in [-0.4, -0.2) is 24.5 Å². The third-order valence-corrected chi connectivity index (χ3v) is 4.11. The third-order valence-electron chi connectivity index (χ3n) is 3.81. The van der Waals surface area contributed by atoms with Crippen molar-refractivity contribution in [3.05, 3.63) is 58.9 Å². The average molecular weight is 363 g/mol. The summed E-state index contributed by atoms with van der Waals surface area (Å²) in [5.74, 6) is -1.44. The molecular weight excluding hydrogens is 347 g/mol. The first-order valence-corrected chi connectivity index (χ1v) is 8.20. The second kappa shape index (κ2) is 7.63. The lowest BCUT2D eigenvalue weighted by atomic mass is 10.1. The number of ether oxygens (including phenoxy) is 1. The second-order valence-electron chi connectivity index (χ2n) is 5.63. The Morgan fingerprint density at radius 2 is 1.96 bits per heavy atom. The fourth-order valence-electron chi connectivity index (χ4n) is 2.54. The van der Waals surface area contributed by atoms with E-state index in [2.05, 4.69) is 10.6 Å². The first-order valence-electron chi connectivity index (χ1n) is 7.82. The Morgan fingerprint density at radius 1 is 1.16 bits per heavy atom. The molecule has 2 aromatic rings. The summed E-state index contributed by atoms with van der Waals surface area (Å²) in [6.45, 7) is 0.575. The van der Waals surface area contributed by atoms with Crippen LogP contribution in [0.2, 0.25) is 5.02 Å². The van der Waals surface area contributed by atoms with Gasteiger partial charge in [-0.3, -0.25) is 9.59 Å². The molecule has 25 heavy (non-hydrogen) atoms. The largest absolute Gasteiger partial charge is 0.368 e. The number of amides is 2. The number of hydrogen-bond acceptors (Lipinski definition) is 3. The maximum atomic E-state index is 13.9. The molecule has 0 aromatic heterocycles. The predicted octanol–water partition coefficient (Wildman–Crippen LogP) is 3.85. The van der Waals surface area contributed by atoms with Gasteiger partial charge in [-0.05, 0) is 43.2 Å². The van der Waals surface area contributed by atoms with Crippen LogP contribution in [0.5, 0.6) is 0 Å². The molecule has 5 nitrogen and oxygen atoms in total. The molecule has 2 N–H and O–H groups in total. The van der Waals surface area contributed by atoms with Crippen LogP contribution in [0.4, 0.5) is 15.8 Å². The van der Waals surface area contributed by atoms with Crippen molar-refractivity contribution in [3.63, 3.8) is 0 Å². The predicted molar refractivity (Wildman–Crippen MR) is 93.4 cm³/mol. The van der Waals surface area contributed by atoms with Gasteiger partial charge in [0.2, 0.25) is 0 Å². The molecule has 130 valence electrons. The van der Waals surface area contributed by atoms with Crippen LogP contribution in [-0.2, 0) is 9.53 Å². The van der Waals surface area contributed by atoms with Gasteiger partial charge in [-0.2, -0.15) is 0 Å². The van der Waals surface area contributed by atoms with Gasteiger partial charge in [0.1, 0.15) is 6.10 Å². The molecule has 2 amide bonds. The highest BCUT2D eigenvalue weighted by atomic mass is 35.5. The summed E-state index contributed by atoms with van der Waals surface area (Å²) in [7, 11) is 0. The minimum atomic E-state index is -0.694. The van der Waals surface area contributed by atoms with Crippen LogP contribution in [0.1, 0.15) is 23.2 Å². The molecule has 0 saturated carbocycles. The first-order chi connectivity index (χ1) is 12.0. The van der Waals surface area contributed by atoms with E-state index in [1.807, 2.05) is 0 Å². The highest BCUT2D eigenvalue weighted by Crippen LogP contribution is 2.23. The van der Waals surface area contributed by atoms with Crippen molar-refractivity contribution in [1.82, 2.24) is 0 Å². The summed E-state index contributed by atoms with van der Waals surface area (Å²) in [6, 6.07) is 10.7. The molecule has 1 aliphatic heterocycles. The number of rotatable bonds is 4. The summed E-state index contributed by atoms with van der Waals surface area (Å²) >= 11 is 5.70. The van der Waals surface area contributed by atoms with E-state index in [-0.39, 0.29) is 22.2 Å². The molecule has 1 atom stereocenters. The lowest BCUT2D eigenvalue weighted by molar-refractivity contribution is -0.124. The molecule has 0 aliphatic carbocycles. The number of benzene rings is 2. The Balaban J connectivity index is 1.71. The van der Waals surface area contributed by atoms with Crippen molar-refractivity contribution in [1.29, 1.82) is 0 Å². The lowest BCUT2D eigenvalue weighted by Gasteiger charge is -2.12. The molecule has 2 aromatic carbocycles. The number of carbonyl (C=O) groups is 2. The van der Waals surface area contributed by atoms with Gasteiger partial charge in [0.25, 0.3) is 11.8 Å². The highest BCUT2D eigenvalue weighted by molar-refractivity contribution is 6.31. The first kappa shape index (κ1) is 17.4. The Morgan fingerprint density at radius 3 is 2.72 bits per heavy atom. The Kier molecular flexibility index (Phi) is 5.31. The van der Waals surface area contributed by atoms with E-state index < -0.39 is 17.8 Å². The Bertz CT molecular complexity index is 807. The van der Waals surface area contributed by atoms with Crippen LogP contribution >= 0.6 is 11.6 Å². The average Bonchev–Trinajstić information content (AvgIpc) is 3.14. The topological polar surface area (TPSA) is 67.4 Å². The number of nitrogens with one attached hydrogen (secondary N) is 2. The van der Waals surface area contributed by atoms with Gasteiger partial charge in [0.15, 0.2) is 5.82 Å². The molecule has 0 bridgehead atoms. The summed E-state index contributed by atoms with van der Waals surface area (Å²) in [5, 5.41) is 5.12. The molecule has 1 aliphatic rings. The van der Waals surface area contributed by atoms with Crippen molar-refractivity contribution >= 4 is 34.8 Å². The van der Waals surface area contributed by atoms with Gasteiger partial charge >= 0.3 is 0 Å². The van der Waals surface area contributed by atoms with E-state index >= 15 is 0 Å². The molecule has 1 saturated heterocycles. The fraction of sp³-hybridized carbons (Fsp3) is 0.222. The van der Waals surface area contributed by atoms with Crippen LogP contribution in [0, 0.1) is 5.82 Å². The Hall–Kier alpha value is -2.44. The molecule has 1 fully saturated rings. The molecule has 0 radical (unpaired) electrons. The minimum Gasteiger partial charge on any atom is -0.368 e. The van der Waals surface area contributed by atoms with Crippen LogP contribution < -0.4 is 10.6 Å². The van der Waals surface area contributed by atoms with Gasteiger partial charge in [-0.1, -0.05) is 23.7 Å². The summed E-state index contributed by atoms with van der Waals surface area (Å²) < 4.78 is 19.2. The van der Waals surface area contributed by atoms with Crippen molar-refractivity contribution in [2.45, 2.75) is 18.9 Å².